The summed E-state index contributed by atoms with van der Waals surface area (Å²) in [7, 11) is 0. The summed E-state index contributed by atoms with van der Waals surface area (Å²) in [5.74, 6) is -1.30. The Morgan fingerprint density at radius 3 is 2.10 bits per heavy atom. The lowest BCUT2D eigenvalue weighted by atomic mass is 9.98. The maximum Gasteiger partial charge on any atom is 0.407 e. The minimum absolute atomic E-state index is 0.0296. The Kier molecular flexibility index (Phi) is 7.28. The standard InChI is InChI=1S/C24H28N2O5/c1-3-16(13-23(28)29)26-22(27)12-15(2)25-24(30)31-14-21-19-10-6-4-8-17(19)18-9-5-7-11-20(18)21/h4-11,15-16,21H,3,12-14H2,1-2H3,(H,25,30)(H,26,27)(H,28,29)/t15?,16-/m0/s1. The quantitative estimate of drug-likeness (QED) is 0.570. The number of carbonyl (C=O) groups excluding carboxylic acids is 2. The van der Waals surface area contributed by atoms with Crippen molar-refractivity contribution in [2.24, 2.45) is 0 Å². The predicted molar refractivity (Wildman–Crippen MR) is 117 cm³/mol. The van der Waals surface area contributed by atoms with E-state index in [1.54, 1.807) is 6.92 Å². The van der Waals surface area contributed by atoms with Gasteiger partial charge in [0.05, 0.1) is 6.42 Å². The fourth-order valence-electron chi connectivity index (χ4n) is 3.97. The Balaban J connectivity index is 1.51. The van der Waals surface area contributed by atoms with E-state index in [9.17, 15) is 14.4 Å². The van der Waals surface area contributed by atoms with Crippen molar-refractivity contribution >= 4 is 18.0 Å². The zero-order valence-electron chi connectivity index (χ0n) is 17.8. The van der Waals surface area contributed by atoms with Crippen LogP contribution >= 0.6 is 0 Å². The molecule has 1 unspecified atom stereocenters. The molecule has 31 heavy (non-hydrogen) atoms. The van der Waals surface area contributed by atoms with Gasteiger partial charge in [-0.2, -0.15) is 0 Å². The molecule has 0 aliphatic heterocycles. The lowest BCUT2D eigenvalue weighted by Gasteiger charge is -2.19. The van der Waals surface area contributed by atoms with E-state index >= 15 is 0 Å². The number of rotatable bonds is 9. The number of aliphatic carboxylic acids is 1. The molecule has 1 aliphatic carbocycles. The van der Waals surface area contributed by atoms with Gasteiger partial charge in [-0.3, -0.25) is 9.59 Å². The van der Waals surface area contributed by atoms with Gasteiger partial charge in [-0.05, 0) is 35.6 Å². The fraction of sp³-hybridized carbons (Fsp3) is 0.375. The molecule has 0 fully saturated rings. The molecule has 3 N–H and O–H groups in total. The van der Waals surface area contributed by atoms with Gasteiger partial charge >= 0.3 is 12.1 Å². The van der Waals surface area contributed by atoms with E-state index in [0.29, 0.717) is 6.42 Å². The number of carbonyl (C=O) groups is 3. The Morgan fingerprint density at radius 2 is 1.55 bits per heavy atom. The van der Waals surface area contributed by atoms with Gasteiger partial charge < -0.3 is 20.5 Å². The molecule has 2 aromatic rings. The largest absolute Gasteiger partial charge is 0.481 e. The molecule has 3 rings (SSSR count). The number of benzene rings is 2. The third-order valence-electron chi connectivity index (χ3n) is 5.48. The number of ether oxygens (including phenoxy) is 1. The number of alkyl carbamates (subject to hydrolysis) is 1. The van der Waals surface area contributed by atoms with Gasteiger partial charge in [-0.1, -0.05) is 55.5 Å². The Bertz CT molecular complexity index is 913. The molecule has 0 saturated heterocycles. The van der Waals surface area contributed by atoms with Crippen LogP contribution in [0.4, 0.5) is 4.79 Å². The van der Waals surface area contributed by atoms with Crippen molar-refractivity contribution in [1.29, 1.82) is 0 Å². The molecule has 0 saturated carbocycles. The van der Waals surface area contributed by atoms with E-state index in [1.165, 1.54) is 0 Å². The van der Waals surface area contributed by atoms with Crippen molar-refractivity contribution in [3.05, 3.63) is 59.7 Å². The van der Waals surface area contributed by atoms with Crippen LogP contribution in [0.15, 0.2) is 48.5 Å². The van der Waals surface area contributed by atoms with Crippen LogP contribution in [0.3, 0.4) is 0 Å². The molecular formula is C24H28N2O5. The molecule has 0 radical (unpaired) electrons. The number of amides is 2. The van der Waals surface area contributed by atoms with E-state index in [2.05, 4.69) is 34.9 Å². The summed E-state index contributed by atoms with van der Waals surface area (Å²) >= 11 is 0. The highest BCUT2D eigenvalue weighted by molar-refractivity contribution is 5.80. The second kappa shape index (κ2) is 10.1. The van der Waals surface area contributed by atoms with Gasteiger partial charge in [0.15, 0.2) is 0 Å². The van der Waals surface area contributed by atoms with Crippen molar-refractivity contribution in [3.8, 4) is 11.1 Å². The third kappa shape index (κ3) is 5.63. The smallest absolute Gasteiger partial charge is 0.407 e. The van der Waals surface area contributed by atoms with Crippen molar-refractivity contribution < 1.29 is 24.2 Å². The minimum Gasteiger partial charge on any atom is -0.481 e. The summed E-state index contributed by atoms with van der Waals surface area (Å²) in [6.45, 7) is 3.72. The minimum atomic E-state index is -0.961. The monoisotopic (exact) mass is 424 g/mol. The number of hydrogen-bond acceptors (Lipinski definition) is 4. The zero-order valence-corrected chi connectivity index (χ0v) is 17.8. The lowest BCUT2D eigenvalue weighted by Crippen LogP contribution is -2.41. The van der Waals surface area contributed by atoms with Gasteiger partial charge in [0.2, 0.25) is 5.91 Å². The summed E-state index contributed by atoms with van der Waals surface area (Å²) in [4.78, 5) is 35.3. The first kappa shape index (κ1) is 22.3. The first-order valence-electron chi connectivity index (χ1n) is 10.5. The molecule has 2 atom stereocenters. The highest BCUT2D eigenvalue weighted by Gasteiger charge is 2.29. The van der Waals surface area contributed by atoms with E-state index < -0.39 is 24.1 Å². The van der Waals surface area contributed by atoms with Crippen LogP contribution in [0.1, 0.15) is 50.2 Å². The molecular weight excluding hydrogens is 396 g/mol. The molecule has 7 heteroatoms. The summed E-state index contributed by atoms with van der Waals surface area (Å²) in [5, 5.41) is 14.2. The van der Waals surface area contributed by atoms with Crippen LogP contribution < -0.4 is 10.6 Å². The molecule has 2 amide bonds. The number of nitrogens with one attached hydrogen (secondary N) is 2. The first-order valence-corrected chi connectivity index (χ1v) is 10.5. The van der Waals surface area contributed by atoms with Crippen LogP contribution in [0.25, 0.3) is 11.1 Å². The zero-order chi connectivity index (χ0) is 22.4. The van der Waals surface area contributed by atoms with Gasteiger partial charge in [0.1, 0.15) is 6.61 Å². The summed E-state index contributed by atoms with van der Waals surface area (Å²) < 4.78 is 5.49. The van der Waals surface area contributed by atoms with Crippen molar-refractivity contribution in [1.82, 2.24) is 10.6 Å². The second-order valence-corrected chi connectivity index (χ2v) is 7.85. The van der Waals surface area contributed by atoms with Crippen LogP contribution in [0.2, 0.25) is 0 Å². The van der Waals surface area contributed by atoms with Crippen LogP contribution in [-0.2, 0) is 14.3 Å². The van der Waals surface area contributed by atoms with Gasteiger partial charge in [0.25, 0.3) is 0 Å². The molecule has 1 aliphatic rings. The van der Waals surface area contributed by atoms with Gasteiger partial charge in [0, 0.05) is 24.4 Å². The van der Waals surface area contributed by atoms with Crippen molar-refractivity contribution in [3.63, 3.8) is 0 Å². The maximum atomic E-state index is 12.3. The molecule has 164 valence electrons. The average Bonchev–Trinajstić information content (AvgIpc) is 3.05. The molecule has 7 nitrogen and oxygen atoms in total. The lowest BCUT2D eigenvalue weighted by molar-refractivity contribution is -0.137. The number of hydrogen-bond donors (Lipinski definition) is 3. The maximum absolute atomic E-state index is 12.3. The Hall–Kier alpha value is -3.35. The highest BCUT2D eigenvalue weighted by atomic mass is 16.5. The molecule has 0 spiro atoms. The summed E-state index contributed by atoms with van der Waals surface area (Å²) in [6, 6.07) is 15.3. The SMILES string of the molecule is CC[C@@H](CC(=O)O)NC(=O)CC(C)NC(=O)OCC1c2ccccc2-c2ccccc21. The molecule has 0 aromatic heterocycles. The van der Waals surface area contributed by atoms with Gasteiger partial charge in [-0.15, -0.1) is 0 Å². The average molecular weight is 424 g/mol. The summed E-state index contributed by atoms with van der Waals surface area (Å²) in [6.07, 6.45) is -0.150. The van der Waals surface area contributed by atoms with Crippen LogP contribution in [0.5, 0.6) is 0 Å². The van der Waals surface area contributed by atoms with Crippen LogP contribution in [-0.4, -0.2) is 41.8 Å². The topological polar surface area (TPSA) is 105 Å². The van der Waals surface area contributed by atoms with Crippen LogP contribution in [0, 0.1) is 0 Å². The Labute approximate surface area is 181 Å². The second-order valence-electron chi connectivity index (χ2n) is 7.85. The first-order chi connectivity index (χ1) is 14.9. The molecule has 2 aromatic carbocycles. The van der Waals surface area contributed by atoms with Crippen molar-refractivity contribution in [2.75, 3.05) is 6.61 Å². The van der Waals surface area contributed by atoms with E-state index in [-0.39, 0.29) is 31.3 Å². The van der Waals surface area contributed by atoms with E-state index in [4.69, 9.17) is 9.84 Å². The predicted octanol–water partition coefficient (Wildman–Crippen LogP) is 3.67. The number of carboxylic acid groups (broad SMARTS) is 1. The Morgan fingerprint density at radius 1 is 0.968 bits per heavy atom. The molecule has 0 bridgehead atoms. The van der Waals surface area contributed by atoms with Crippen molar-refractivity contribution in [2.45, 2.75) is 51.1 Å². The molecule has 0 heterocycles. The van der Waals surface area contributed by atoms with Gasteiger partial charge in [-0.25, -0.2) is 4.79 Å². The normalized spacial score (nSPS) is 14.1. The van der Waals surface area contributed by atoms with E-state index in [0.717, 1.165) is 22.3 Å². The number of carboxylic acids is 1. The van der Waals surface area contributed by atoms with E-state index in [1.807, 2.05) is 31.2 Å². The fourth-order valence-corrected chi connectivity index (χ4v) is 3.97. The highest BCUT2D eigenvalue weighted by Crippen LogP contribution is 2.44. The number of fused-ring (bicyclic) bond motifs is 3. The summed E-state index contributed by atoms with van der Waals surface area (Å²) in [5.41, 5.74) is 4.58. The third-order valence-corrected chi connectivity index (χ3v) is 5.48.